The predicted molar refractivity (Wildman–Crippen MR) is 65.7 cm³/mol. The fourth-order valence-corrected chi connectivity index (χ4v) is 1.98. The predicted octanol–water partition coefficient (Wildman–Crippen LogP) is 0.379. The van der Waals surface area contributed by atoms with Crippen LogP contribution in [0.4, 0.5) is 0 Å². The van der Waals surface area contributed by atoms with Crippen LogP contribution in [0.1, 0.15) is 25.7 Å². The second-order valence-corrected chi connectivity index (χ2v) is 4.38. The number of piperidine rings is 1. The van der Waals surface area contributed by atoms with Gasteiger partial charge in [-0.05, 0) is 25.8 Å². The monoisotopic (exact) mass is 244 g/mol. The van der Waals surface area contributed by atoms with E-state index in [1.165, 1.54) is 7.11 Å². The second-order valence-electron chi connectivity index (χ2n) is 4.38. The summed E-state index contributed by atoms with van der Waals surface area (Å²) in [6.45, 7) is 4.26. The molecule has 100 valence electrons. The summed E-state index contributed by atoms with van der Waals surface area (Å²) in [6.07, 6.45) is 3.88. The van der Waals surface area contributed by atoms with E-state index in [1.807, 2.05) is 0 Å². The normalized spacial score (nSPS) is 18.2. The van der Waals surface area contributed by atoms with Gasteiger partial charge in [0, 0.05) is 26.2 Å². The van der Waals surface area contributed by atoms with Crippen molar-refractivity contribution in [2.45, 2.75) is 31.8 Å². The van der Waals surface area contributed by atoms with E-state index in [2.05, 4.69) is 9.64 Å². The van der Waals surface area contributed by atoms with Crippen LogP contribution in [0.5, 0.6) is 0 Å². The lowest BCUT2D eigenvalue weighted by Gasteiger charge is -2.31. The van der Waals surface area contributed by atoms with E-state index < -0.39 is 0 Å². The molecule has 1 aliphatic rings. The van der Waals surface area contributed by atoms with Gasteiger partial charge in [0.05, 0.1) is 19.6 Å². The lowest BCUT2D eigenvalue weighted by molar-refractivity contribution is -0.141. The summed E-state index contributed by atoms with van der Waals surface area (Å²) in [5.74, 6) is -0.133. The number of hydrogen-bond acceptors (Lipinski definition) is 5. The molecule has 1 rings (SSSR count). The number of methoxy groups -OCH3 is 1. The molecule has 0 radical (unpaired) electrons. The van der Waals surface area contributed by atoms with E-state index in [4.69, 9.17) is 10.5 Å². The molecule has 2 N–H and O–H groups in total. The van der Waals surface area contributed by atoms with Gasteiger partial charge in [0.15, 0.2) is 0 Å². The minimum atomic E-state index is -0.133. The smallest absolute Gasteiger partial charge is 0.306 e. The third-order valence-corrected chi connectivity index (χ3v) is 3.10. The fourth-order valence-electron chi connectivity index (χ4n) is 1.98. The highest BCUT2D eigenvalue weighted by atomic mass is 16.5. The number of esters is 1. The molecular weight excluding hydrogens is 220 g/mol. The van der Waals surface area contributed by atoms with Crippen LogP contribution in [-0.4, -0.2) is 56.9 Å². The topological polar surface area (TPSA) is 64.8 Å². The molecule has 0 atom stereocenters. The quantitative estimate of drug-likeness (QED) is 0.518. The number of nitrogens with zero attached hydrogens (tertiary/aromatic N) is 1. The Morgan fingerprint density at radius 2 is 2.12 bits per heavy atom. The van der Waals surface area contributed by atoms with Gasteiger partial charge in [-0.25, -0.2) is 0 Å². The van der Waals surface area contributed by atoms with E-state index in [9.17, 15) is 4.79 Å². The van der Waals surface area contributed by atoms with Gasteiger partial charge < -0.3 is 20.1 Å². The molecule has 0 amide bonds. The maximum atomic E-state index is 11.0. The third-order valence-electron chi connectivity index (χ3n) is 3.10. The zero-order chi connectivity index (χ0) is 12.5. The molecule has 0 spiro atoms. The standard InChI is InChI=1S/C12H24N2O3/c1-16-12(15)5-9-14-7-3-11(4-8-14)17-10-2-6-13/h11H,2-10,13H2,1H3. The van der Waals surface area contributed by atoms with Crippen molar-refractivity contribution in [1.29, 1.82) is 0 Å². The van der Waals surface area contributed by atoms with Crippen LogP contribution in [-0.2, 0) is 14.3 Å². The van der Waals surface area contributed by atoms with E-state index in [0.29, 0.717) is 19.1 Å². The van der Waals surface area contributed by atoms with E-state index in [1.54, 1.807) is 0 Å². The zero-order valence-electron chi connectivity index (χ0n) is 10.7. The molecule has 5 heteroatoms. The molecule has 5 nitrogen and oxygen atoms in total. The molecule has 1 aliphatic heterocycles. The van der Waals surface area contributed by atoms with Crippen molar-refractivity contribution in [3.63, 3.8) is 0 Å². The first-order valence-corrected chi connectivity index (χ1v) is 6.37. The van der Waals surface area contributed by atoms with Gasteiger partial charge in [-0.2, -0.15) is 0 Å². The number of nitrogens with two attached hydrogens (primary N) is 1. The second kappa shape index (κ2) is 8.44. The van der Waals surface area contributed by atoms with Crippen LogP contribution < -0.4 is 5.73 Å². The Kier molecular flexibility index (Phi) is 7.16. The van der Waals surface area contributed by atoms with Crippen molar-refractivity contribution in [2.24, 2.45) is 5.73 Å². The maximum absolute atomic E-state index is 11.0. The average Bonchev–Trinajstić information content (AvgIpc) is 2.37. The Labute approximate surface area is 103 Å². The minimum absolute atomic E-state index is 0.133. The number of hydrogen-bond donors (Lipinski definition) is 1. The van der Waals surface area contributed by atoms with Crippen molar-refractivity contribution < 1.29 is 14.3 Å². The highest BCUT2D eigenvalue weighted by Crippen LogP contribution is 2.14. The number of carbonyl (C=O) groups is 1. The first-order chi connectivity index (χ1) is 8.26. The van der Waals surface area contributed by atoms with Crippen LogP contribution in [0.25, 0.3) is 0 Å². The molecule has 1 heterocycles. The number of likely N-dealkylation sites (tertiary alicyclic amines) is 1. The highest BCUT2D eigenvalue weighted by Gasteiger charge is 2.19. The van der Waals surface area contributed by atoms with Crippen molar-refractivity contribution in [3.05, 3.63) is 0 Å². The molecular formula is C12H24N2O3. The molecule has 0 aromatic carbocycles. The van der Waals surface area contributed by atoms with Gasteiger partial charge >= 0.3 is 5.97 Å². The Bertz CT molecular complexity index is 216. The summed E-state index contributed by atoms with van der Waals surface area (Å²) >= 11 is 0. The van der Waals surface area contributed by atoms with Crippen LogP contribution >= 0.6 is 0 Å². The zero-order valence-corrected chi connectivity index (χ0v) is 10.7. The van der Waals surface area contributed by atoms with Gasteiger partial charge in [-0.3, -0.25) is 4.79 Å². The lowest BCUT2D eigenvalue weighted by Crippen LogP contribution is -2.38. The van der Waals surface area contributed by atoms with E-state index in [0.717, 1.165) is 45.5 Å². The largest absolute Gasteiger partial charge is 0.469 e. The summed E-state index contributed by atoms with van der Waals surface area (Å²) in [6, 6.07) is 0. The van der Waals surface area contributed by atoms with Gasteiger partial charge in [0.1, 0.15) is 0 Å². The van der Waals surface area contributed by atoms with Crippen LogP contribution in [0.2, 0.25) is 0 Å². The van der Waals surface area contributed by atoms with Crippen LogP contribution in [0, 0.1) is 0 Å². The number of carbonyl (C=O) groups excluding carboxylic acids is 1. The van der Waals surface area contributed by atoms with E-state index in [-0.39, 0.29) is 5.97 Å². The highest BCUT2D eigenvalue weighted by molar-refractivity contribution is 5.69. The maximum Gasteiger partial charge on any atom is 0.306 e. The van der Waals surface area contributed by atoms with Gasteiger partial charge in [-0.1, -0.05) is 0 Å². The molecule has 0 aliphatic carbocycles. The summed E-state index contributed by atoms with van der Waals surface area (Å²) < 4.78 is 10.3. The lowest BCUT2D eigenvalue weighted by atomic mass is 10.1. The summed E-state index contributed by atoms with van der Waals surface area (Å²) in [7, 11) is 1.43. The molecule has 0 aromatic heterocycles. The first kappa shape index (κ1) is 14.4. The van der Waals surface area contributed by atoms with Crippen LogP contribution in [0.3, 0.4) is 0 Å². The average molecular weight is 244 g/mol. The summed E-state index contributed by atoms with van der Waals surface area (Å²) in [5, 5.41) is 0. The molecule has 0 bridgehead atoms. The fraction of sp³-hybridized carbons (Fsp3) is 0.917. The van der Waals surface area contributed by atoms with Crippen molar-refractivity contribution in [2.75, 3.05) is 39.9 Å². The Hall–Kier alpha value is -0.650. The number of rotatable bonds is 7. The number of ether oxygens (including phenoxy) is 2. The Morgan fingerprint density at radius 1 is 1.41 bits per heavy atom. The summed E-state index contributed by atoms with van der Waals surface area (Å²) in [4.78, 5) is 13.3. The van der Waals surface area contributed by atoms with Gasteiger partial charge in [0.2, 0.25) is 0 Å². The SMILES string of the molecule is COC(=O)CCN1CCC(OCCCN)CC1. The third kappa shape index (κ3) is 6.00. The molecule has 17 heavy (non-hydrogen) atoms. The first-order valence-electron chi connectivity index (χ1n) is 6.37. The van der Waals surface area contributed by atoms with Crippen molar-refractivity contribution in [1.82, 2.24) is 4.90 Å². The Morgan fingerprint density at radius 3 is 2.71 bits per heavy atom. The van der Waals surface area contributed by atoms with Crippen molar-refractivity contribution >= 4 is 5.97 Å². The molecule has 1 fully saturated rings. The summed E-state index contributed by atoms with van der Waals surface area (Å²) in [5.41, 5.74) is 5.42. The van der Waals surface area contributed by atoms with Crippen molar-refractivity contribution in [3.8, 4) is 0 Å². The molecule has 1 saturated heterocycles. The Balaban J connectivity index is 2.07. The van der Waals surface area contributed by atoms with Gasteiger partial charge in [-0.15, -0.1) is 0 Å². The minimum Gasteiger partial charge on any atom is -0.469 e. The molecule has 0 aromatic rings. The molecule has 0 unspecified atom stereocenters. The van der Waals surface area contributed by atoms with Gasteiger partial charge in [0.25, 0.3) is 0 Å². The van der Waals surface area contributed by atoms with Crippen LogP contribution in [0.15, 0.2) is 0 Å². The van der Waals surface area contributed by atoms with E-state index >= 15 is 0 Å². The molecule has 0 saturated carbocycles.